The standard InChI is InChI=1S/C11H8FNO2S/c1-15-11-13-9(6-14)10(16-11)7-2-4-8(12)5-3-7/h2-6H,1H3. The Bertz CT molecular complexity index is 507. The Morgan fingerprint density at radius 3 is 2.62 bits per heavy atom. The number of carbonyl (C=O) groups excluding carboxylic acids is 1. The minimum atomic E-state index is -0.312. The summed E-state index contributed by atoms with van der Waals surface area (Å²) in [4.78, 5) is 15.5. The van der Waals surface area contributed by atoms with Gasteiger partial charge in [-0.05, 0) is 17.7 Å². The molecule has 0 saturated heterocycles. The molecule has 0 aliphatic carbocycles. The van der Waals surface area contributed by atoms with Crippen LogP contribution in [0.1, 0.15) is 10.5 Å². The monoisotopic (exact) mass is 237 g/mol. The number of hydrogen-bond acceptors (Lipinski definition) is 4. The number of benzene rings is 1. The molecule has 0 fully saturated rings. The summed E-state index contributed by atoms with van der Waals surface area (Å²) >= 11 is 1.26. The molecule has 0 aliphatic heterocycles. The lowest BCUT2D eigenvalue weighted by Gasteiger charge is -1.96. The molecule has 16 heavy (non-hydrogen) atoms. The smallest absolute Gasteiger partial charge is 0.274 e. The molecular formula is C11H8FNO2S. The fraction of sp³-hybridized carbons (Fsp3) is 0.0909. The van der Waals surface area contributed by atoms with Crippen molar-refractivity contribution in [3.05, 3.63) is 35.8 Å². The van der Waals surface area contributed by atoms with E-state index in [1.54, 1.807) is 12.1 Å². The maximum Gasteiger partial charge on any atom is 0.274 e. The van der Waals surface area contributed by atoms with Gasteiger partial charge >= 0.3 is 0 Å². The van der Waals surface area contributed by atoms with Gasteiger partial charge in [-0.15, -0.1) is 0 Å². The number of methoxy groups -OCH3 is 1. The summed E-state index contributed by atoms with van der Waals surface area (Å²) in [6, 6.07) is 5.90. The Kier molecular flexibility index (Phi) is 2.96. The molecule has 2 aromatic rings. The molecular weight excluding hydrogens is 229 g/mol. The zero-order chi connectivity index (χ0) is 11.5. The van der Waals surface area contributed by atoms with Crippen molar-refractivity contribution in [2.24, 2.45) is 0 Å². The van der Waals surface area contributed by atoms with Gasteiger partial charge in [0.1, 0.15) is 11.5 Å². The van der Waals surface area contributed by atoms with Crippen LogP contribution in [-0.2, 0) is 0 Å². The first-order valence-corrected chi connectivity index (χ1v) is 5.32. The van der Waals surface area contributed by atoms with Crippen LogP contribution in [0.5, 0.6) is 5.19 Å². The highest BCUT2D eigenvalue weighted by Gasteiger charge is 2.12. The van der Waals surface area contributed by atoms with Gasteiger partial charge in [0.15, 0.2) is 6.29 Å². The largest absolute Gasteiger partial charge is 0.473 e. The molecule has 1 aromatic heterocycles. The maximum absolute atomic E-state index is 12.7. The Labute approximate surface area is 95.5 Å². The summed E-state index contributed by atoms with van der Waals surface area (Å²) in [6.45, 7) is 0. The van der Waals surface area contributed by atoms with E-state index < -0.39 is 0 Å². The number of ether oxygens (including phenoxy) is 1. The lowest BCUT2D eigenvalue weighted by atomic mass is 10.1. The molecule has 5 heteroatoms. The molecule has 82 valence electrons. The number of aldehydes is 1. The van der Waals surface area contributed by atoms with Gasteiger partial charge in [0.25, 0.3) is 5.19 Å². The van der Waals surface area contributed by atoms with Crippen LogP contribution in [0.25, 0.3) is 10.4 Å². The molecule has 1 heterocycles. The third-order valence-corrected chi connectivity index (χ3v) is 3.11. The Morgan fingerprint density at radius 2 is 2.06 bits per heavy atom. The van der Waals surface area contributed by atoms with Gasteiger partial charge in [-0.25, -0.2) is 4.39 Å². The maximum atomic E-state index is 12.7. The molecule has 0 bridgehead atoms. The van der Waals surface area contributed by atoms with E-state index in [0.29, 0.717) is 22.1 Å². The van der Waals surface area contributed by atoms with Crippen LogP contribution in [0.2, 0.25) is 0 Å². The first-order chi connectivity index (χ1) is 7.74. The SMILES string of the molecule is COc1nc(C=O)c(-c2ccc(F)cc2)s1. The summed E-state index contributed by atoms with van der Waals surface area (Å²) in [7, 11) is 1.49. The van der Waals surface area contributed by atoms with Gasteiger partial charge in [-0.2, -0.15) is 4.98 Å². The van der Waals surface area contributed by atoms with Crippen LogP contribution in [0.15, 0.2) is 24.3 Å². The van der Waals surface area contributed by atoms with E-state index in [9.17, 15) is 9.18 Å². The molecule has 0 unspecified atom stereocenters. The highest BCUT2D eigenvalue weighted by molar-refractivity contribution is 7.17. The molecule has 0 atom stereocenters. The van der Waals surface area contributed by atoms with Crippen molar-refractivity contribution >= 4 is 17.6 Å². The van der Waals surface area contributed by atoms with Crippen molar-refractivity contribution in [1.29, 1.82) is 0 Å². The Morgan fingerprint density at radius 1 is 1.38 bits per heavy atom. The van der Waals surface area contributed by atoms with Crippen LogP contribution in [-0.4, -0.2) is 18.4 Å². The molecule has 1 aromatic carbocycles. The van der Waals surface area contributed by atoms with E-state index in [1.165, 1.54) is 30.6 Å². The summed E-state index contributed by atoms with van der Waals surface area (Å²) in [5.41, 5.74) is 1.07. The third kappa shape index (κ3) is 1.94. The summed E-state index contributed by atoms with van der Waals surface area (Å²) in [5.74, 6) is -0.312. The molecule has 3 nitrogen and oxygen atoms in total. The van der Waals surface area contributed by atoms with Gasteiger partial charge in [0.05, 0.1) is 12.0 Å². The molecule has 0 radical (unpaired) electrons. The Hall–Kier alpha value is -1.75. The van der Waals surface area contributed by atoms with Crippen molar-refractivity contribution in [3.8, 4) is 15.6 Å². The van der Waals surface area contributed by atoms with Crippen molar-refractivity contribution in [3.63, 3.8) is 0 Å². The summed E-state index contributed by atoms with van der Waals surface area (Å²) in [6.07, 6.45) is 0.664. The molecule has 2 rings (SSSR count). The first-order valence-electron chi connectivity index (χ1n) is 4.50. The predicted octanol–water partition coefficient (Wildman–Crippen LogP) is 2.77. The minimum absolute atomic E-state index is 0.312. The highest BCUT2D eigenvalue weighted by Crippen LogP contribution is 2.33. The molecule has 0 spiro atoms. The number of hydrogen-bond donors (Lipinski definition) is 0. The second-order valence-electron chi connectivity index (χ2n) is 3.02. The van der Waals surface area contributed by atoms with Crippen molar-refractivity contribution in [1.82, 2.24) is 4.98 Å². The average Bonchev–Trinajstić information content (AvgIpc) is 2.73. The quantitative estimate of drug-likeness (QED) is 0.770. The lowest BCUT2D eigenvalue weighted by molar-refractivity contribution is 0.111. The lowest BCUT2D eigenvalue weighted by Crippen LogP contribution is -1.85. The number of rotatable bonds is 3. The van der Waals surface area contributed by atoms with Gasteiger partial charge in [-0.3, -0.25) is 4.79 Å². The van der Waals surface area contributed by atoms with Crippen LogP contribution in [0.4, 0.5) is 4.39 Å². The van der Waals surface area contributed by atoms with Crippen molar-refractivity contribution in [2.45, 2.75) is 0 Å². The highest BCUT2D eigenvalue weighted by atomic mass is 32.1. The van der Waals surface area contributed by atoms with Crippen LogP contribution in [0.3, 0.4) is 0 Å². The normalized spacial score (nSPS) is 10.1. The Balaban J connectivity index is 2.49. The van der Waals surface area contributed by atoms with Crippen LogP contribution >= 0.6 is 11.3 Å². The van der Waals surface area contributed by atoms with E-state index in [2.05, 4.69) is 4.98 Å². The zero-order valence-electron chi connectivity index (χ0n) is 8.44. The minimum Gasteiger partial charge on any atom is -0.473 e. The number of aromatic nitrogens is 1. The summed E-state index contributed by atoms with van der Waals surface area (Å²) in [5, 5.41) is 0.418. The molecule has 0 amide bonds. The zero-order valence-corrected chi connectivity index (χ0v) is 9.25. The van der Waals surface area contributed by atoms with Crippen molar-refractivity contribution in [2.75, 3.05) is 7.11 Å². The fourth-order valence-corrected chi connectivity index (χ4v) is 2.14. The number of carbonyl (C=O) groups is 1. The van der Waals surface area contributed by atoms with Crippen LogP contribution < -0.4 is 4.74 Å². The van der Waals surface area contributed by atoms with Gasteiger partial charge < -0.3 is 4.74 Å². The number of thiazole rings is 1. The third-order valence-electron chi connectivity index (χ3n) is 2.03. The van der Waals surface area contributed by atoms with E-state index in [-0.39, 0.29) is 5.82 Å². The molecule has 0 N–H and O–H groups in total. The first kappa shape index (κ1) is 10.8. The van der Waals surface area contributed by atoms with Gasteiger partial charge in [0.2, 0.25) is 0 Å². The van der Waals surface area contributed by atoms with E-state index in [4.69, 9.17) is 4.74 Å². The van der Waals surface area contributed by atoms with Crippen LogP contribution in [0, 0.1) is 5.82 Å². The fourth-order valence-electron chi connectivity index (χ4n) is 1.29. The van der Waals surface area contributed by atoms with E-state index in [1.807, 2.05) is 0 Å². The second-order valence-corrected chi connectivity index (χ2v) is 3.98. The van der Waals surface area contributed by atoms with E-state index in [0.717, 1.165) is 5.56 Å². The average molecular weight is 237 g/mol. The molecule has 0 saturated carbocycles. The predicted molar refractivity (Wildman–Crippen MR) is 59.4 cm³/mol. The second kappa shape index (κ2) is 4.40. The van der Waals surface area contributed by atoms with E-state index >= 15 is 0 Å². The number of nitrogens with zero attached hydrogens (tertiary/aromatic N) is 1. The van der Waals surface area contributed by atoms with Crippen molar-refractivity contribution < 1.29 is 13.9 Å². The van der Waals surface area contributed by atoms with Gasteiger partial charge in [0, 0.05) is 0 Å². The van der Waals surface area contributed by atoms with Gasteiger partial charge in [-0.1, -0.05) is 23.5 Å². The number of halogens is 1. The topological polar surface area (TPSA) is 39.2 Å². The molecule has 0 aliphatic rings. The summed E-state index contributed by atoms with van der Waals surface area (Å²) < 4.78 is 17.7.